The van der Waals surface area contributed by atoms with Crippen molar-refractivity contribution in [3.05, 3.63) is 137 Å². The second-order valence-corrected chi connectivity index (χ2v) is 15.9. The molecule has 0 spiro atoms. The third-order valence-corrected chi connectivity index (χ3v) is 9.48. The lowest BCUT2D eigenvalue weighted by molar-refractivity contribution is -0.237. The van der Waals surface area contributed by atoms with Crippen LogP contribution in [0.4, 0.5) is 48.3 Å². The van der Waals surface area contributed by atoms with Gasteiger partial charge in [0.2, 0.25) is 0 Å². The molecule has 5 aromatic rings. The third-order valence-electron chi connectivity index (χ3n) is 8.56. The number of hydrogen-bond donors (Lipinski definition) is 3. The molecule has 0 saturated carbocycles. The second kappa shape index (κ2) is 22.3. The molecule has 3 N–H and O–H groups in total. The molecule has 0 aromatic heterocycles. The zero-order valence-electron chi connectivity index (χ0n) is 34.6. The summed E-state index contributed by atoms with van der Waals surface area (Å²) in [5, 5.41) is 27.0. The van der Waals surface area contributed by atoms with E-state index in [1.54, 1.807) is 13.0 Å². The van der Waals surface area contributed by atoms with Gasteiger partial charge in [-0.1, -0.05) is 78.4 Å². The van der Waals surface area contributed by atoms with Crippen molar-refractivity contribution in [3.8, 4) is 28.4 Å². The zero-order valence-corrected chi connectivity index (χ0v) is 37.7. The molecule has 0 bridgehead atoms. The number of phenolic OH excluding ortho intramolecular Hbond substituents is 1. The minimum Gasteiger partial charge on any atom is -0.505 e. The summed E-state index contributed by atoms with van der Waals surface area (Å²) in [7, 11) is -1.36. The molecule has 5 nitrogen and oxygen atoms in total. The number of rotatable bonds is 6. The molecule has 0 aliphatic rings. The van der Waals surface area contributed by atoms with Crippen LogP contribution < -0.4 is 14.9 Å². The van der Waals surface area contributed by atoms with E-state index in [4.69, 9.17) is 15.2 Å². The topological polar surface area (TPSA) is 79.2 Å². The van der Waals surface area contributed by atoms with Gasteiger partial charge in [0.1, 0.15) is 0 Å². The molecule has 2 unspecified atom stereocenters. The summed E-state index contributed by atoms with van der Waals surface area (Å²) in [6.07, 6.45) is -17.5. The summed E-state index contributed by atoms with van der Waals surface area (Å²) in [6, 6.07) is 15.4. The number of alkyl halides is 8. The van der Waals surface area contributed by atoms with Crippen LogP contribution in [0.3, 0.4) is 0 Å². The lowest BCUT2D eigenvalue weighted by atomic mass is 9.74. The standard InChI is InChI=1S/C18H17F5O.C9H13BO2.C9H6BrF5O.C7H6BrFO/c1-9-5-10(2)15(11(3)6-9)13-7-12(4)16(14(19)8-13)24-17(20)18(21,22)23;1-6-4-7(2)9(10(11)12)8(3)5-6;1-4-2-5(10)3-6(11)7(4)16-8(12)9(13,14)15;1-4-2-5(8)3-6(9)7(4)10/h5-8,17H,1-4H3;4-5,11-12H,1-3H3;2-3,8H,1H3;2-3,10H,1H3. The summed E-state index contributed by atoms with van der Waals surface area (Å²) >= 11 is 6.04. The molecular weight excluding hydrogens is 976 g/mol. The van der Waals surface area contributed by atoms with Crippen molar-refractivity contribution in [2.45, 2.75) is 87.4 Å². The van der Waals surface area contributed by atoms with Gasteiger partial charge < -0.3 is 24.6 Å². The number of benzene rings is 5. The fourth-order valence-electron chi connectivity index (χ4n) is 6.13. The highest BCUT2D eigenvalue weighted by Crippen LogP contribution is 2.36. The first-order valence-corrected chi connectivity index (χ1v) is 19.6. The van der Waals surface area contributed by atoms with E-state index in [9.17, 15) is 48.3 Å². The van der Waals surface area contributed by atoms with Crippen LogP contribution in [0, 0.1) is 79.8 Å². The van der Waals surface area contributed by atoms with Gasteiger partial charge in [-0.05, 0) is 143 Å². The minimum atomic E-state index is -5.21. The SMILES string of the molecule is Cc1cc(Br)cc(F)c1O.Cc1cc(Br)cc(F)c1OC(F)C(F)(F)F.Cc1cc(C)c(-c2cc(C)c(OC(F)C(F)(F)F)c(F)c2)c(C)c1.Cc1cc(C)c(B(O)O)c(C)c1. The summed E-state index contributed by atoms with van der Waals surface area (Å²) in [5.74, 6) is -4.43. The molecule has 338 valence electrons. The number of ether oxygens (including phenoxy) is 2. The van der Waals surface area contributed by atoms with Crippen LogP contribution in [0.5, 0.6) is 17.2 Å². The molecule has 19 heteroatoms. The van der Waals surface area contributed by atoms with Crippen LogP contribution in [-0.2, 0) is 0 Å². The van der Waals surface area contributed by atoms with E-state index >= 15 is 0 Å². The number of phenols is 1. The van der Waals surface area contributed by atoms with E-state index in [0.717, 1.165) is 51.1 Å². The molecule has 62 heavy (non-hydrogen) atoms. The maximum absolute atomic E-state index is 14.2. The summed E-state index contributed by atoms with van der Waals surface area (Å²) < 4.78 is 147. The Morgan fingerprint density at radius 3 is 1.21 bits per heavy atom. The molecular formula is C43H42BBr2F11O5. The monoisotopic (exact) mass is 1020 g/mol. The third kappa shape index (κ3) is 15.5. The van der Waals surface area contributed by atoms with Crippen LogP contribution in [0.25, 0.3) is 11.1 Å². The van der Waals surface area contributed by atoms with Gasteiger partial charge in [-0.3, -0.25) is 0 Å². The van der Waals surface area contributed by atoms with E-state index in [-0.39, 0.29) is 16.9 Å². The fraction of sp³-hybridized carbons (Fsp3) is 0.302. The van der Waals surface area contributed by atoms with Crippen LogP contribution >= 0.6 is 31.9 Å². The van der Waals surface area contributed by atoms with Crippen LogP contribution in [0.15, 0.2) is 69.6 Å². The normalized spacial score (nSPS) is 12.1. The maximum atomic E-state index is 14.2. The average Bonchev–Trinajstić information content (AvgIpc) is 3.09. The Morgan fingerprint density at radius 2 is 0.855 bits per heavy atom. The van der Waals surface area contributed by atoms with Gasteiger partial charge in [-0.15, -0.1) is 0 Å². The lowest BCUT2D eigenvalue weighted by Gasteiger charge is -2.18. The summed E-state index contributed by atoms with van der Waals surface area (Å²) in [6.45, 7) is 15.8. The van der Waals surface area contributed by atoms with Gasteiger partial charge in [-0.2, -0.15) is 35.1 Å². The molecule has 0 fully saturated rings. The molecule has 0 saturated heterocycles. The molecule has 0 heterocycles. The fourth-order valence-corrected chi connectivity index (χ4v) is 7.22. The van der Waals surface area contributed by atoms with Crippen molar-refractivity contribution in [1.82, 2.24) is 0 Å². The van der Waals surface area contributed by atoms with E-state index < -0.39 is 61.1 Å². The van der Waals surface area contributed by atoms with E-state index in [1.807, 2.05) is 65.8 Å². The smallest absolute Gasteiger partial charge is 0.488 e. The van der Waals surface area contributed by atoms with Crippen molar-refractivity contribution in [2.24, 2.45) is 0 Å². The van der Waals surface area contributed by atoms with Crippen LogP contribution in [0.2, 0.25) is 0 Å². The second-order valence-electron chi connectivity index (χ2n) is 14.1. The maximum Gasteiger partial charge on any atom is 0.488 e. The average molecular weight is 1020 g/mol. The Bertz CT molecular complexity index is 2220. The molecule has 2 atom stereocenters. The van der Waals surface area contributed by atoms with Gasteiger partial charge in [0.15, 0.2) is 34.7 Å². The highest BCUT2D eigenvalue weighted by molar-refractivity contribution is 9.10. The van der Waals surface area contributed by atoms with Gasteiger partial charge in [-0.25, -0.2) is 13.2 Å². The molecule has 5 aromatic carbocycles. The Hall–Kier alpha value is -4.33. The molecule has 0 amide bonds. The highest BCUT2D eigenvalue weighted by atomic mass is 79.9. The van der Waals surface area contributed by atoms with E-state index in [2.05, 4.69) is 41.3 Å². The van der Waals surface area contributed by atoms with Gasteiger partial charge in [0.25, 0.3) is 0 Å². The molecule has 0 aliphatic carbocycles. The largest absolute Gasteiger partial charge is 0.505 e. The number of halogens is 13. The predicted octanol–water partition coefficient (Wildman–Crippen LogP) is 13.0. The van der Waals surface area contributed by atoms with Crippen molar-refractivity contribution >= 4 is 44.4 Å². The summed E-state index contributed by atoms with van der Waals surface area (Å²) in [5.41, 5.74) is 8.52. The van der Waals surface area contributed by atoms with Gasteiger partial charge >= 0.3 is 32.2 Å². The first-order chi connectivity index (χ1) is 28.3. The quantitative estimate of drug-likeness (QED) is 0.117. The highest BCUT2D eigenvalue weighted by Gasteiger charge is 2.44. The Kier molecular flexibility index (Phi) is 19.4. The first-order valence-electron chi connectivity index (χ1n) is 18.0. The Balaban J connectivity index is 0.000000302. The number of aryl methyl sites for hydroxylation is 9. The molecule has 0 radical (unpaired) electrons. The summed E-state index contributed by atoms with van der Waals surface area (Å²) in [4.78, 5) is 0. The Labute approximate surface area is 368 Å². The minimum absolute atomic E-state index is 0.0683. The zero-order chi connectivity index (χ0) is 47.8. The van der Waals surface area contributed by atoms with Crippen molar-refractivity contribution in [1.29, 1.82) is 0 Å². The first kappa shape index (κ1) is 53.8. The van der Waals surface area contributed by atoms with Gasteiger partial charge in [0.05, 0.1) is 0 Å². The number of hydrogen-bond acceptors (Lipinski definition) is 5. The van der Waals surface area contributed by atoms with Gasteiger partial charge in [0, 0.05) is 8.95 Å². The van der Waals surface area contributed by atoms with Crippen molar-refractivity contribution in [2.75, 3.05) is 0 Å². The lowest BCUT2D eigenvalue weighted by Crippen LogP contribution is -2.34. The van der Waals surface area contributed by atoms with E-state index in [0.29, 0.717) is 25.5 Å². The van der Waals surface area contributed by atoms with Crippen molar-refractivity contribution in [3.63, 3.8) is 0 Å². The predicted molar refractivity (Wildman–Crippen MR) is 224 cm³/mol. The van der Waals surface area contributed by atoms with Crippen LogP contribution in [0.1, 0.15) is 50.1 Å². The Morgan fingerprint density at radius 1 is 0.500 bits per heavy atom. The molecule has 0 aliphatic heterocycles. The van der Waals surface area contributed by atoms with E-state index in [1.165, 1.54) is 32.0 Å². The van der Waals surface area contributed by atoms with Crippen molar-refractivity contribution < 1.29 is 72.9 Å². The number of aromatic hydroxyl groups is 1. The van der Waals surface area contributed by atoms with Crippen LogP contribution in [-0.4, -0.2) is 47.3 Å². The molecule has 5 rings (SSSR count).